The zero-order valence-electron chi connectivity index (χ0n) is 19.8. The van der Waals surface area contributed by atoms with Gasteiger partial charge in [-0.25, -0.2) is 9.78 Å². The summed E-state index contributed by atoms with van der Waals surface area (Å²) < 4.78 is 5.58. The van der Waals surface area contributed by atoms with Crippen molar-refractivity contribution in [1.82, 2.24) is 4.98 Å². The predicted octanol–water partition coefficient (Wildman–Crippen LogP) is 3.41. The van der Waals surface area contributed by atoms with Crippen molar-refractivity contribution in [2.45, 2.75) is 6.16 Å². The zero-order valence-corrected chi connectivity index (χ0v) is 22.3. The third kappa shape index (κ3) is 4.76. The molecule has 0 saturated heterocycles. The van der Waals surface area contributed by atoms with Crippen LogP contribution in [0.5, 0.6) is 0 Å². The molecule has 0 amide bonds. The van der Waals surface area contributed by atoms with Crippen LogP contribution < -0.4 is 33.9 Å². The number of benzene rings is 4. The molecular weight excluding hydrogens is 517 g/mol. The topological polar surface area (TPSA) is 43.1 Å². The Bertz CT molecular complexity index is 1590. The van der Waals surface area contributed by atoms with Gasteiger partial charge in [0.2, 0.25) is 0 Å². The maximum Gasteiger partial charge on any atom is 0.345 e. The Kier molecular flexibility index (Phi) is 7.34. The maximum absolute atomic E-state index is 12.8. The van der Waals surface area contributed by atoms with Crippen molar-refractivity contribution in [3.63, 3.8) is 0 Å². The van der Waals surface area contributed by atoms with Crippen LogP contribution in [-0.4, -0.2) is 4.98 Å². The number of para-hydroxylation sites is 1. The maximum atomic E-state index is 12.8. The van der Waals surface area contributed by atoms with E-state index in [1.165, 1.54) is 15.9 Å². The lowest BCUT2D eigenvalue weighted by molar-refractivity contribution is -0.00000745. The summed E-state index contributed by atoms with van der Waals surface area (Å²) in [6.07, 6.45) is 0.772. The van der Waals surface area contributed by atoms with E-state index in [2.05, 4.69) is 91.0 Å². The van der Waals surface area contributed by atoms with Gasteiger partial charge in [0.1, 0.15) is 39.9 Å². The zero-order chi connectivity index (χ0) is 24.4. The largest absolute Gasteiger partial charge is 1.00 e. The Balaban J connectivity index is 0.00000280. The summed E-state index contributed by atoms with van der Waals surface area (Å²) in [6.45, 7) is 0. The molecule has 0 spiro atoms. The van der Waals surface area contributed by atoms with E-state index in [0.717, 1.165) is 16.6 Å². The van der Waals surface area contributed by atoms with E-state index < -0.39 is 7.26 Å². The number of rotatable bonds is 6. The average Bonchev–Trinajstić information content (AvgIpc) is 3.41. The van der Waals surface area contributed by atoms with E-state index in [9.17, 15) is 4.79 Å². The lowest BCUT2D eigenvalue weighted by Gasteiger charge is -2.26. The Labute approximate surface area is 226 Å². The van der Waals surface area contributed by atoms with Gasteiger partial charge >= 0.3 is 5.63 Å². The average molecular weight is 540 g/mol. The molecule has 0 unspecified atom stereocenters. The van der Waals surface area contributed by atoms with Crippen LogP contribution in [0.3, 0.4) is 0 Å². The smallest absolute Gasteiger partial charge is 0.345 e. The molecule has 0 aliphatic heterocycles. The van der Waals surface area contributed by atoms with Crippen LogP contribution in [0.2, 0.25) is 0 Å². The quantitative estimate of drug-likeness (QED) is 0.241. The molecule has 6 heteroatoms. The first-order valence-electron chi connectivity index (χ1n) is 11.8. The Morgan fingerprint density at radius 1 is 0.703 bits per heavy atom. The van der Waals surface area contributed by atoms with Crippen molar-refractivity contribution < 1.29 is 16.8 Å². The summed E-state index contributed by atoms with van der Waals surface area (Å²) in [5, 5.41) is 7.80. The molecule has 6 aromatic rings. The summed E-state index contributed by atoms with van der Waals surface area (Å²) in [4.78, 5) is 17.8. The van der Waals surface area contributed by atoms with Gasteiger partial charge in [-0.1, -0.05) is 72.8 Å². The Morgan fingerprint density at radius 2 is 1.22 bits per heavy atom. The molecule has 0 atom stereocenters. The summed E-state index contributed by atoms with van der Waals surface area (Å²) in [5.41, 5.74) is 1.39. The second-order valence-electron chi connectivity index (χ2n) is 8.59. The van der Waals surface area contributed by atoms with Gasteiger partial charge in [-0.05, 0) is 48.5 Å². The van der Waals surface area contributed by atoms with Gasteiger partial charge in [0.15, 0.2) is 0 Å². The molecule has 0 aliphatic carbocycles. The number of thiazole rings is 1. The van der Waals surface area contributed by atoms with E-state index in [1.807, 2.05) is 35.7 Å². The molecule has 0 fully saturated rings. The van der Waals surface area contributed by atoms with Crippen molar-refractivity contribution >= 4 is 45.5 Å². The molecule has 0 saturated carbocycles. The standard InChI is InChI=1S/C31H23NO2PS.ClH/c33-31-27(20-23-12-10-11-19-29(23)34-31)28-22-36-30(32-28)21-35(24-13-4-1-5-14-24,25-15-6-2-7-16-25)26-17-8-3-9-18-26;/h1-20,22H,21H2;1H/q+1;/p-1. The number of nitrogens with zero attached hydrogens (tertiary/aromatic N) is 1. The van der Waals surface area contributed by atoms with Crippen molar-refractivity contribution in [1.29, 1.82) is 0 Å². The van der Waals surface area contributed by atoms with Crippen LogP contribution in [0.1, 0.15) is 5.01 Å². The fourth-order valence-corrected chi connectivity index (χ4v) is 10.1. The minimum atomic E-state index is -2.06. The van der Waals surface area contributed by atoms with Crippen LogP contribution in [0, 0.1) is 0 Å². The normalized spacial score (nSPS) is 11.2. The van der Waals surface area contributed by atoms with E-state index in [0.29, 0.717) is 16.8 Å². The first-order chi connectivity index (χ1) is 17.7. The summed E-state index contributed by atoms with van der Waals surface area (Å²) in [7, 11) is -2.06. The first kappa shape index (κ1) is 25.1. The fraction of sp³-hybridized carbons (Fsp3) is 0.0323. The van der Waals surface area contributed by atoms with E-state index in [1.54, 1.807) is 11.3 Å². The minimum absolute atomic E-state index is 0. The molecule has 2 heterocycles. The molecule has 0 N–H and O–H groups in total. The monoisotopic (exact) mass is 539 g/mol. The van der Waals surface area contributed by atoms with Gasteiger partial charge in [-0.15, -0.1) is 11.3 Å². The molecule has 2 aromatic heterocycles. The highest BCUT2D eigenvalue weighted by atomic mass is 35.5. The Hall–Kier alpha value is -3.56. The van der Waals surface area contributed by atoms with Gasteiger partial charge < -0.3 is 16.8 Å². The molecule has 0 aliphatic rings. The van der Waals surface area contributed by atoms with Crippen molar-refractivity contribution in [2.75, 3.05) is 0 Å². The highest BCUT2D eigenvalue weighted by molar-refractivity contribution is 7.95. The summed E-state index contributed by atoms with van der Waals surface area (Å²) in [5.74, 6) is 0. The number of halogens is 1. The van der Waals surface area contributed by atoms with Gasteiger partial charge in [0.05, 0.1) is 11.3 Å². The predicted molar refractivity (Wildman–Crippen MR) is 152 cm³/mol. The van der Waals surface area contributed by atoms with E-state index in [-0.39, 0.29) is 18.0 Å². The first-order valence-corrected chi connectivity index (χ1v) is 14.6. The third-order valence-electron chi connectivity index (χ3n) is 6.43. The Morgan fingerprint density at radius 3 is 1.78 bits per heavy atom. The highest BCUT2D eigenvalue weighted by Crippen LogP contribution is 2.58. The van der Waals surface area contributed by atoms with E-state index in [4.69, 9.17) is 9.40 Å². The van der Waals surface area contributed by atoms with Gasteiger partial charge in [-0.2, -0.15) is 0 Å². The summed E-state index contributed by atoms with van der Waals surface area (Å²) in [6, 6.07) is 41.8. The molecule has 6 rings (SSSR count). The number of aromatic nitrogens is 1. The van der Waals surface area contributed by atoms with Crippen LogP contribution in [0.4, 0.5) is 0 Å². The van der Waals surface area contributed by atoms with Gasteiger partial charge in [0.25, 0.3) is 0 Å². The minimum Gasteiger partial charge on any atom is -1.00 e. The van der Waals surface area contributed by atoms with Gasteiger partial charge in [0, 0.05) is 10.8 Å². The van der Waals surface area contributed by atoms with Gasteiger partial charge in [-0.3, -0.25) is 0 Å². The second-order valence-corrected chi connectivity index (χ2v) is 13.0. The highest BCUT2D eigenvalue weighted by Gasteiger charge is 2.46. The fourth-order valence-electron chi connectivity index (χ4n) is 4.72. The van der Waals surface area contributed by atoms with Crippen LogP contribution in [0.25, 0.3) is 22.2 Å². The second kappa shape index (κ2) is 10.8. The number of hydrogen-bond acceptors (Lipinski definition) is 4. The van der Waals surface area contributed by atoms with Crippen molar-refractivity contribution in [2.24, 2.45) is 0 Å². The molecule has 0 radical (unpaired) electrons. The molecule has 37 heavy (non-hydrogen) atoms. The van der Waals surface area contributed by atoms with E-state index >= 15 is 0 Å². The van der Waals surface area contributed by atoms with Crippen LogP contribution >= 0.6 is 18.6 Å². The molecular formula is C31H23ClNO2PS. The SMILES string of the molecule is O=c1oc2ccccc2cc1-c1csc(C[P+](c2ccccc2)(c2ccccc2)c2ccccc2)n1.[Cl-]. The number of hydrogen-bond donors (Lipinski definition) is 0. The van der Waals surface area contributed by atoms with Crippen molar-refractivity contribution in [3.05, 3.63) is 142 Å². The summed E-state index contributed by atoms with van der Waals surface area (Å²) >= 11 is 1.61. The van der Waals surface area contributed by atoms with Crippen LogP contribution in [-0.2, 0) is 6.16 Å². The molecule has 0 bridgehead atoms. The molecule has 4 aromatic carbocycles. The molecule has 3 nitrogen and oxygen atoms in total. The lowest BCUT2D eigenvalue weighted by Crippen LogP contribution is -3.00. The molecule has 182 valence electrons. The third-order valence-corrected chi connectivity index (χ3v) is 11.8. The van der Waals surface area contributed by atoms with Crippen LogP contribution in [0.15, 0.2) is 136 Å². The number of fused-ring (bicyclic) bond motifs is 1. The van der Waals surface area contributed by atoms with Crippen molar-refractivity contribution in [3.8, 4) is 11.3 Å². The lowest BCUT2D eigenvalue weighted by atomic mass is 10.1.